The van der Waals surface area contributed by atoms with E-state index in [1.165, 1.54) is 14.2 Å². The summed E-state index contributed by atoms with van der Waals surface area (Å²) in [5, 5.41) is 1.02. The maximum atomic E-state index is 10.9. The van der Waals surface area contributed by atoms with Crippen LogP contribution in [0.5, 0.6) is 11.5 Å². The van der Waals surface area contributed by atoms with E-state index in [0.717, 1.165) is 11.8 Å². The number of hydrogen-bond acceptors (Lipinski definition) is 3. The van der Waals surface area contributed by atoms with Crippen molar-refractivity contribution in [3.8, 4) is 22.6 Å². The van der Waals surface area contributed by atoms with E-state index >= 15 is 0 Å². The van der Waals surface area contributed by atoms with Crippen LogP contribution >= 0.6 is 23.2 Å². The number of halogens is 2. The molecular formula is C15H12Cl2O3. The van der Waals surface area contributed by atoms with Crippen molar-refractivity contribution in [2.45, 2.75) is 0 Å². The van der Waals surface area contributed by atoms with Crippen LogP contribution in [0.3, 0.4) is 0 Å². The first-order valence-corrected chi connectivity index (χ1v) is 6.52. The number of aldehydes is 1. The quantitative estimate of drug-likeness (QED) is 0.780. The third kappa shape index (κ3) is 2.89. The van der Waals surface area contributed by atoms with Crippen LogP contribution in [0.4, 0.5) is 0 Å². The molecule has 0 saturated carbocycles. The number of ether oxygens (including phenoxy) is 2. The van der Waals surface area contributed by atoms with Crippen molar-refractivity contribution in [1.82, 2.24) is 0 Å². The van der Waals surface area contributed by atoms with Gasteiger partial charge in [-0.2, -0.15) is 0 Å². The molecule has 104 valence electrons. The molecule has 0 amide bonds. The van der Waals surface area contributed by atoms with E-state index in [-0.39, 0.29) is 0 Å². The van der Waals surface area contributed by atoms with Gasteiger partial charge in [-0.15, -0.1) is 0 Å². The molecule has 0 aromatic heterocycles. The summed E-state index contributed by atoms with van der Waals surface area (Å²) in [6.07, 6.45) is 0.736. The largest absolute Gasteiger partial charge is 0.496 e. The van der Waals surface area contributed by atoms with Gasteiger partial charge in [0.25, 0.3) is 0 Å². The Kier molecular flexibility index (Phi) is 4.53. The second kappa shape index (κ2) is 6.16. The first-order valence-electron chi connectivity index (χ1n) is 5.76. The van der Waals surface area contributed by atoms with E-state index in [0.29, 0.717) is 32.7 Å². The highest BCUT2D eigenvalue weighted by molar-refractivity contribution is 6.35. The Labute approximate surface area is 127 Å². The molecule has 0 saturated heterocycles. The maximum Gasteiger partial charge on any atom is 0.150 e. The molecule has 0 spiro atoms. The normalized spacial score (nSPS) is 10.2. The number of carbonyl (C=O) groups excluding carboxylic acids is 1. The molecule has 0 atom stereocenters. The lowest BCUT2D eigenvalue weighted by molar-refractivity contribution is 0.112. The Bertz CT molecular complexity index is 608. The lowest BCUT2D eigenvalue weighted by atomic mass is 10.0. The standard InChI is InChI=1S/C15H12Cl2O3/c1-19-13-3-9(8-18)4-14(20-2)15(13)10-5-11(16)7-12(17)6-10/h3-8H,1-2H3. The van der Waals surface area contributed by atoms with Gasteiger partial charge in [-0.25, -0.2) is 0 Å². The number of methoxy groups -OCH3 is 2. The topological polar surface area (TPSA) is 35.5 Å². The van der Waals surface area contributed by atoms with Crippen LogP contribution < -0.4 is 9.47 Å². The first kappa shape index (κ1) is 14.7. The summed E-state index contributed by atoms with van der Waals surface area (Å²) in [5.41, 5.74) is 1.93. The average Bonchev–Trinajstić information content (AvgIpc) is 2.44. The monoisotopic (exact) mass is 310 g/mol. The Hall–Kier alpha value is -1.71. The third-order valence-corrected chi connectivity index (χ3v) is 3.25. The molecule has 0 bridgehead atoms. The molecule has 5 heteroatoms. The zero-order valence-electron chi connectivity index (χ0n) is 10.9. The predicted octanol–water partition coefficient (Wildman–Crippen LogP) is 4.49. The van der Waals surface area contributed by atoms with Crippen LogP contribution in [0, 0.1) is 0 Å². The fraction of sp³-hybridized carbons (Fsp3) is 0.133. The zero-order valence-corrected chi connectivity index (χ0v) is 12.5. The van der Waals surface area contributed by atoms with Gasteiger partial charge in [0.05, 0.1) is 19.8 Å². The SMILES string of the molecule is COc1cc(C=O)cc(OC)c1-c1cc(Cl)cc(Cl)c1. The molecule has 0 N–H and O–H groups in total. The van der Waals surface area contributed by atoms with Gasteiger partial charge >= 0.3 is 0 Å². The van der Waals surface area contributed by atoms with E-state index < -0.39 is 0 Å². The number of rotatable bonds is 4. The zero-order chi connectivity index (χ0) is 14.7. The lowest BCUT2D eigenvalue weighted by Gasteiger charge is -2.14. The van der Waals surface area contributed by atoms with E-state index in [2.05, 4.69) is 0 Å². The van der Waals surface area contributed by atoms with E-state index in [4.69, 9.17) is 32.7 Å². The maximum absolute atomic E-state index is 10.9. The molecule has 2 aromatic carbocycles. The minimum absolute atomic E-state index is 0.468. The molecule has 0 radical (unpaired) electrons. The van der Waals surface area contributed by atoms with E-state index in [1.807, 2.05) is 0 Å². The Morgan fingerprint density at radius 1 is 0.900 bits per heavy atom. The molecule has 0 aliphatic heterocycles. The van der Waals surface area contributed by atoms with Gasteiger partial charge in [-0.3, -0.25) is 4.79 Å². The fourth-order valence-corrected chi connectivity index (χ4v) is 2.51. The van der Waals surface area contributed by atoms with Crippen LogP contribution in [0.25, 0.3) is 11.1 Å². The van der Waals surface area contributed by atoms with Gasteiger partial charge in [0, 0.05) is 15.6 Å². The summed E-state index contributed by atoms with van der Waals surface area (Å²) >= 11 is 12.1. The lowest BCUT2D eigenvalue weighted by Crippen LogP contribution is -1.95. The highest BCUT2D eigenvalue weighted by atomic mass is 35.5. The second-order valence-electron chi connectivity index (χ2n) is 4.08. The molecule has 0 aliphatic rings. The summed E-state index contributed by atoms with van der Waals surface area (Å²) in [4.78, 5) is 10.9. The second-order valence-corrected chi connectivity index (χ2v) is 4.95. The highest BCUT2D eigenvalue weighted by Gasteiger charge is 2.15. The third-order valence-electron chi connectivity index (χ3n) is 2.82. The molecule has 2 rings (SSSR count). The van der Waals surface area contributed by atoms with Crippen LogP contribution in [0.15, 0.2) is 30.3 Å². The number of hydrogen-bond donors (Lipinski definition) is 0. The van der Waals surface area contributed by atoms with Crippen molar-refractivity contribution < 1.29 is 14.3 Å². The minimum atomic E-state index is 0.468. The molecule has 0 fully saturated rings. The van der Waals surface area contributed by atoms with Crippen molar-refractivity contribution in [3.63, 3.8) is 0 Å². The summed E-state index contributed by atoms with van der Waals surface area (Å²) in [6, 6.07) is 8.44. The molecular weight excluding hydrogens is 299 g/mol. The van der Waals surface area contributed by atoms with Gasteiger partial charge in [0.2, 0.25) is 0 Å². The molecule has 20 heavy (non-hydrogen) atoms. The Balaban J connectivity index is 2.73. The summed E-state index contributed by atoms with van der Waals surface area (Å²) in [5.74, 6) is 1.04. The van der Waals surface area contributed by atoms with Crippen LogP contribution in [-0.2, 0) is 0 Å². The van der Waals surface area contributed by atoms with Gasteiger partial charge in [-0.05, 0) is 35.9 Å². The van der Waals surface area contributed by atoms with Gasteiger partial charge in [0.1, 0.15) is 17.8 Å². The fourth-order valence-electron chi connectivity index (χ4n) is 1.98. The van der Waals surface area contributed by atoms with Gasteiger partial charge in [-0.1, -0.05) is 23.2 Å². The van der Waals surface area contributed by atoms with Gasteiger partial charge < -0.3 is 9.47 Å². The summed E-state index contributed by atoms with van der Waals surface area (Å²) < 4.78 is 10.7. The van der Waals surface area contributed by atoms with Crippen molar-refractivity contribution in [2.24, 2.45) is 0 Å². The van der Waals surface area contributed by atoms with Crippen molar-refractivity contribution in [1.29, 1.82) is 0 Å². The smallest absolute Gasteiger partial charge is 0.150 e. The molecule has 0 aliphatic carbocycles. The molecule has 0 unspecified atom stereocenters. The summed E-state index contributed by atoms with van der Waals surface area (Å²) in [6.45, 7) is 0. The number of benzene rings is 2. The predicted molar refractivity (Wildman–Crippen MR) is 80.4 cm³/mol. The Morgan fingerprint density at radius 3 is 1.80 bits per heavy atom. The minimum Gasteiger partial charge on any atom is -0.496 e. The molecule has 2 aromatic rings. The van der Waals surface area contributed by atoms with Crippen molar-refractivity contribution in [2.75, 3.05) is 14.2 Å². The molecule has 0 heterocycles. The average molecular weight is 311 g/mol. The highest BCUT2D eigenvalue weighted by Crippen LogP contribution is 2.41. The van der Waals surface area contributed by atoms with E-state index in [9.17, 15) is 4.79 Å². The van der Waals surface area contributed by atoms with Crippen LogP contribution in [-0.4, -0.2) is 20.5 Å². The van der Waals surface area contributed by atoms with E-state index in [1.54, 1.807) is 30.3 Å². The van der Waals surface area contributed by atoms with Crippen molar-refractivity contribution in [3.05, 3.63) is 45.9 Å². The van der Waals surface area contributed by atoms with Crippen LogP contribution in [0.2, 0.25) is 10.0 Å². The van der Waals surface area contributed by atoms with Crippen LogP contribution in [0.1, 0.15) is 10.4 Å². The Morgan fingerprint density at radius 2 is 1.40 bits per heavy atom. The molecule has 3 nitrogen and oxygen atoms in total. The van der Waals surface area contributed by atoms with Gasteiger partial charge in [0.15, 0.2) is 0 Å². The summed E-state index contributed by atoms with van der Waals surface area (Å²) in [7, 11) is 3.05. The first-order chi connectivity index (χ1) is 9.58. The van der Waals surface area contributed by atoms with Crippen molar-refractivity contribution >= 4 is 29.5 Å². The number of carbonyl (C=O) groups is 1.